The van der Waals surface area contributed by atoms with Crippen molar-refractivity contribution >= 4 is 0 Å². The smallest absolute Gasteiger partial charge is 0.0689 e. The van der Waals surface area contributed by atoms with Crippen molar-refractivity contribution in [3.05, 3.63) is 46.0 Å². The van der Waals surface area contributed by atoms with E-state index in [-0.39, 0.29) is 71.5 Å². The molecule has 0 unspecified atom stereocenters. The minimum absolute atomic E-state index is 0. The first-order chi connectivity index (χ1) is 5.20. The molecular weight excluding hydrogens is 441 g/mol. The number of nitrogens with zero attached hydrogens (tertiary/aromatic N) is 3. The van der Waals surface area contributed by atoms with Crippen LogP contribution in [0.3, 0.4) is 0 Å². The number of rotatable bonds is 0. The van der Waals surface area contributed by atoms with Gasteiger partial charge in [-0.1, -0.05) is 0 Å². The second kappa shape index (κ2) is 69.7. The molecule has 0 aliphatic carbocycles. The van der Waals surface area contributed by atoms with Crippen LogP contribution in [0.5, 0.6) is 0 Å². The van der Waals surface area contributed by atoms with Crippen molar-refractivity contribution in [1.82, 2.24) is 0 Å². The van der Waals surface area contributed by atoms with Crippen molar-refractivity contribution in [2.75, 3.05) is 0 Å². The van der Waals surface area contributed by atoms with E-state index in [2.05, 4.69) is 0 Å². The van der Waals surface area contributed by atoms with Gasteiger partial charge in [0.25, 0.3) is 0 Å². The van der Waals surface area contributed by atoms with Crippen LogP contribution in [0, 0.1) is 84.6 Å². The summed E-state index contributed by atoms with van der Waals surface area (Å²) in [6.07, 6.45) is 0. The molecule has 18 nitrogen and oxygen atoms in total. The van der Waals surface area contributed by atoms with E-state index < -0.39 is 15.3 Å². The van der Waals surface area contributed by atoms with E-state index in [1.54, 1.807) is 0 Å². The summed E-state index contributed by atoms with van der Waals surface area (Å²) in [5, 5.41) is 44.2. The maximum atomic E-state index is 8.25. The summed E-state index contributed by atoms with van der Waals surface area (Å²) in [7, 11) is 0. The van der Waals surface area contributed by atoms with Crippen LogP contribution in [0.25, 0.3) is 0 Å². The molecule has 19 heavy (non-hydrogen) atoms. The Bertz CT molecular complexity index is 115. The molecule has 0 saturated heterocycles. The summed E-state index contributed by atoms with van der Waals surface area (Å²) < 4.78 is 0. The third-order valence-corrected chi connectivity index (χ3v) is 0. The van der Waals surface area contributed by atoms with Crippen molar-refractivity contribution in [2.45, 2.75) is 0 Å². The fourth-order valence-corrected chi connectivity index (χ4v) is 0. The Kier molecular flexibility index (Phi) is 307. The monoisotopic (exact) mass is 453 g/mol. The maximum Gasteiger partial charge on any atom is 0.0689 e. The van der Waals surface area contributed by atoms with Gasteiger partial charge < -0.3 is 78.8 Å². The molecule has 0 aliphatic rings. The van der Waals surface area contributed by atoms with Gasteiger partial charge in [0.05, 0.1) is 15.3 Å². The molecule has 0 spiro atoms. The van der Waals surface area contributed by atoms with Crippen LogP contribution >= 0.6 is 0 Å². The molecule has 0 atom stereocenters. The van der Waals surface area contributed by atoms with Crippen LogP contribution in [0.2, 0.25) is 0 Å². The summed E-state index contributed by atoms with van der Waals surface area (Å²) in [5.74, 6) is 0. The van der Waals surface area contributed by atoms with Crippen LogP contribution in [0.4, 0.5) is 0 Å². The molecule has 129 valence electrons. The van der Waals surface area contributed by atoms with Gasteiger partial charge in [0.1, 0.15) is 0 Å². The van der Waals surface area contributed by atoms with Gasteiger partial charge in [-0.25, -0.2) is 0 Å². The average Bonchev–Trinajstić information content (AvgIpc) is 1.54. The van der Waals surface area contributed by atoms with E-state index in [0.717, 1.165) is 0 Å². The second-order valence-corrected chi connectivity index (χ2v) is 0.671. The van der Waals surface area contributed by atoms with Crippen LogP contribution in [0.1, 0.15) is 0 Å². The van der Waals surface area contributed by atoms with Crippen LogP contribution in [-0.4, -0.2) is 48.1 Å². The zero-order valence-electron chi connectivity index (χ0n) is 8.35. The molecule has 1 radical (unpaired) electrons. The Balaban J connectivity index is -0.00000000675. The molecule has 0 aliphatic heterocycles. The summed E-state index contributed by atoms with van der Waals surface area (Å²) in [6.45, 7) is 0. The standard InChI is InChI=1S/3NO3.6H2O.Tb/c3*2-1(3)4;;;;;;;/h;;;6*1H2;/q3*-1;;;;;;;. The predicted octanol–water partition coefficient (Wildman–Crippen LogP) is -5.67. The molecule has 0 rings (SSSR count). The summed E-state index contributed by atoms with van der Waals surface area (Å²) >= 11 is 0. The zero-order valence-corrected chi connectivity index (χ0v) is 10.5. The van der Waals surface area contributed by atoms with Crippen molar-refractivity contribution in [2.24, 2.45) is 0 Å². The van der Waals surface area contributed by atoms with Crippen LogP contribution in [0.15, 0.2) is 0 Å². The molecule has 12 N–H and O–H groups in total. The van der Waals surface area contributed by atoms with Crippen molar-refractivity contribution < 1.29 is 86.7 Å². The average molecular weight is 453 g/mol. The van der Waals surface area contributed by atoms with Gasteiger partial charge in [0.15, 0.2) is 0 Å². The molecule has 0 saturated carbocycles. The van der Waals surface area contributed by atoms with Crippen molar-refractivity contribution in [3.8, 4) is 0 Å². The van der Waals surface area contributed by atoms with E-state index in [4.69, 9.17) is 46.0 Å². The third-order valence-electron chi connectivity index (χ3n) is 0. The minimum Gasteiger partial charge on any atom is -0.412 e. The van der Waals surface area contributed by atoms with Crippen molar-refractivity contribution in [3.63, 3.8) is 0 Å². The second-order valence-electron chi connectivity index (χ2n) is 0.671. The van der Waals surface area contributed by atoms with E-state index in [1.807, 2.05) is 0 Å². The molecule has 0 fully saturated rings. The number of hydrogen-bond acceptors (Lipinski definition) is 9. The fraction of sp³-hybridized carbons (Fsp3) is 0. The van der Waals surface area contributed by atoms with Gasteiger partial charge in [0, 0.05) is 38.6 Å². The quantitative estimate of drug-likeness (QED) is 0.249. The topological polar surface area (TPSA) is 388 Å². The molecule has 0 aromatic rings. The van der Waals surface area contributed by atoms with Gasteiger partial charge >= 0.3 is 0 Å². The Labute approximate surface area is 132 Å². The van der Waals surface area contributed by atoms with Gasteiger partial charge in [0.2, 0.25) is 0 Å². The summed E-state index contributed by atoms with van der Waals surface area (Å²) in [4.78, 5) is 24.8. The molecule has 0 aromatic carbocycles. The molecule has 0 aromatic heterocycles. The van der Waals surface area contributed by atoms with E-state index in [9.17, 15) is 0 Å². The molecule has 19 heteroatoms. The third kappa shape index (κ3) is 1950. The number of hydrogen-bond donors (Lipinski definition) is 0. The summed E-state index contributed by atoms with van der Waals surface area (Å²) in [6, 6.07) is 0. The van der Waals surface area contributed by atoms with Crippen molar-refractivity contribution in [1.29, 1.82) is 0 Å². The predicted molar refractivity (Wildman–Crippen MR) is 52.8 cm³/mol. The van der Waals surface area contributed by atoms with Gasteiger partial charge in [-0.05, 0) is 0 Å². The minimum atomic E-state index is -1.75. The first kappa shape index (κ1) is 83.6. The molecular formula is H12N3O15Tb-3. The van der Waals surface area contributed by atoms with Gasteiger partial charge in [-0.2, -0.15) is 0 Å². The van der Waals surface area contributed by atoms with Crippen LogP contribution in [-0.2, 0) is 0 Å². The van der Waals surface area contributed by atoms with Gasteiger partial charge in [-0.3, -0.25) is 0 Å². The normalized spacial score (nSPS) is 3.79. The van der Waals surface area contributed by atoms with Crippen LogP contribution < -0.4 is 0 Å². The molecule has 0 heterocycles. The Morgan fingerprint density at radius 3 is 0.421 bits per heavy atom. The first-order valence-corrected chi connectivity index (χ1v) is 1.64. The Morgan fingerprint density at radius 2 is 0.421 bits per heavy atom. The zero-order chi connectivity index (χ0) is 10.7. The fourth-order valence-electron chi connectivity index (χ4n) is 0. The van der Waals surface area contributed by atoms with E-state index in [1.165, 1.54) is 0 Å². The Hall–Kier alpha value is -1.35. The molecule has 0 bridgehead atoms. The molecule has 0 amide bonds. The first-order valence-electron chi connectivity index (χ1n) is 1.64. The SMILES string of the molecule is O.O.O.O.O.O.O=[N+]([O-])[O-].O=[N+]([O-])[O-].O=[N+]([O-])[O-].[Tb]. The summed E-state index contributed by atoms with van der Waals surface area (Å²) in [5.41, 5.74) is 0. The largest absolute Gasteiger partial charge is 0.412 e. The van der Waals surface area contributed by atoms with E-state index >= 15 is 0 Å². The Morgan fingerprint density at radius 1 is 0.421 bits per heavy atom. The van der Waals surface area contributed by atoms with Gasteiger partial charge in [-0.15, -0.1) is 0 Å². The maximum absolute atomic E-state index is 8.25. The van der Waals surface area contributed by atoms with E-state index in [0.29, 0.717) is 0 Å².